The molecular formula is C30H38N2O4. The zero-order chi connectivity index (χ0) is 25.5. The number of hydrogen-bond acceptors (Lipinski definition) is 5. The fourth-order valence-electron chi connectivity index (χ4n) is 6.79. The molecule has 3 heterocycles. The Morgan fingerprint density at radius 3 is 2.61 bits per heavy atom. The van der Waals surface area contributed by atoms with E-state index in [0.717, 1.165) is 36.5 Å². The van der Waals surface area contributed by atoms with E-state index < -0.39 is 11.1 Å². The van der Waals surface area contributed by atoms with Crippen molar-refractivity contribution in [1.29, 1.82) is 0 Å². The van der Waals surface area contributed by atoms with Crippen LogP contribution >= 0.6 is 0 Å². The summed E-state index contributed by atoms with van der Waals surface area (Å²) in [6.45, 7) is 11.0. The van der Waals surface area contributed by atoms with Gasteiger partial charge in [0.1, 0.15) is 11.5 Å². The van der Waals surface area contributed by atoms with E-state index in [1.807, 2.05) is 35.2 Å². The van der Waals surface area contributed by atoms with Gasteiger partial charge in [-0.05, 0) is 67.3 Å². The van der Waals surface area contributed by atoms with Crippen LogP contribution < -0.4 is 4.74 Å². The number of fused-ring (bicyclic) bond motifs is 1. The van der Waals surface area contributed by atoms with Gasteiger partial charge in [0.15, 0.2) is 12.0 Å². The number of furan rings is 1. The highest BCUT2D eigenvalue weighted by Crippen LogP contribution is 2.60. The minimum atomic E-state index is -0.852. The lowest BCUT2D eigenvalue weighted by molar-refractivity contribution is -0.156. The third-order valence-electron chi connectivity index (χ3n) is 9.00. The fraction of sp³-hybridized carbons (Fsp3) is 0.533. The van der Waals surface area contributed by atoms with E-state index in [9.17, 15) is 4.79 Å². The van der Waals surface area contributed by atoms with E-state index in [1.165, 1.54) is 5.56 Å². The minimum absolute atomic E-state index is 0.0679. The van der Waals surface area contributed by atoms with E-state index in [1.54, 1.807) is 13.4 Å². The topological polar surface area (TPSA) is 64.3 Å². The van der Waals surface area contributed by atoms with Crippen LogP contribution in [-0.2, 0) is 16.1 Å². The Kier molecular flexibility index (Phi) is 6.58. The van der Waals surface area contributed by atoms with E-state index in [2.05, 4.69) is 39.5 Å². The van der Waals surface area contributed by atoms with E-state index in [0.29, 0.717) is 25.3 Å². The number of ether oxygens (including phenoxy) is 2. The van der Waals surface area contributed by atoms with Crippen LogP contribution in [0.4, 0.5) is 0 Å². The van der Waals surface area contributed by atoms with Crippen molar-refractivity contribution in [3.63, 3.8) is 0 Å². The van der Waals surface area contributed by atoms with Crippen LogP contribution in [0.5, 0.6) is 5.75 Å². The van der Waals surface area contributed by atoms with Crippen LogP contribution in [0.1, 0.15) is 70.1 Å². The molecule has 0 N–H and O–H groups in total. The van der Waals surface area contributed by atoms with Crippen molar-refractivity contribution >= 4 is 11.6 Å². The first-order chi connectivity index (χ1) is 17.4. The average molecular weight is 491 g/mol. The van der Waals surface area contributed by atoms with Gasteiger partial charge in [0, 0.05) is 12.3 Å². The van der Waals surface area contributed by atoms with Gasteiger partial charge in [-0.1, -0.05) is 39.0 Å². The van der Waals surface area contributed by atoms with E-state index >= 15 is 0 Å². The Bertz CT molecular complexity index is 1120. The number of aliphatic imine (C=N–C) groups is 1. The molecule has 36 heavy (non-hydrogen) atoms. The number of benzene rings is 1. The van der Waals surface area contributed by atoms with Crippen molar-refractivity contribution in [3.05, 3.63) is 66.6 Å². The Morgan fingerprint density at radius 1 is 1.25 bits per heavy atom. The third-order valence-corrected chi connectivity index (χ3v) is 9.00. The number of hydrogen-bond donors (Lipinski definition) is 0. The molecule has 2 aliphatic heterocycles. The smallest absolute Gasteiger partial charge is 0.232 e. The standard InChI is InChI=1S/C30H38N2O4/c1-6-15-29-19-30(32(28(29)33)18-24-10-9-16-35-24)26(31-27(36-30)21(7-2)8-3)17-25(20(29)4)22-11-13-23(34-5)14-12-22/h6,9-14,16,20-21,25,27H,1,7-8,15,17-19H2,2-5H3/t20-,25+,27-,29+,30+/m1/s1. The maximum atomic E-state index is 14.5. The molecule has 0 radical (unpaired) electrons. The zero-order valence-electron chi connectivity index (χ0n) is 21.9. The predicted octanol–water partition coefficient (Wildman–Crippen LogP) is 6.34. The molecule has 5 atom stereocenters. The molecule has 5 rings (SSSR count). The Balaban J connectivity index is 1.64. The second-order valence-electron chi connectivity index (χ2n) is 10.6. The summed E-state index contributed by atoms with van der Waals surface area (Å²) in [4.78, 5) is 21.7. The number of likely N-dealkylation sites (tertiary alicyclic amines) is 1. The number of allylic oxidation sites excluding steroid dienone is 1. The van der Waals surface area contributed by atoms with Crippen LogP contribution in [0.25, 0.3) is 0 Å². The quantitative estimate of drug-likeness (QED) is 0.385. The molecule has 6 nitrogen and oxygen atoms in total. The van der Waals surface area contributed by atoms with Crippen LogP contribution in [0.15, 0.2) is 64.7 Å². The summed E-state index contributed by atoms with van der Waals surface area (Å²) in [5.74, 6) is 2.21. The average Bonchev–Trinajstić information content (AvgIpc) is 3.57. The molecule has 1 aromatic carbocycles. The van der Waals surface area contributed by atoms with Gasteiger partial charge in [0.05, 0.1) is 31.0 Å². The van der Waals surface area contributed by atoms with Gasteiger partial charge in [-0.15, -0.1) is 6.58 Å². The molecular weight excluding hydrogens is 452 g/mol. The van der Waals surface area contributed by atoms with E-state index in [-0.39, 0.29) is 24.0 Å². The highest BCUT2D eigenvalue weighted by atomic mass is 16.6. The van der Waals surface area contributed by atoms with Gasteiger partial charge >= 0.3 is 0 Å². The SMILES string of the molecule is C=CC[C@]12C[C@@]3(O[C@H](C(CC)CC)N=C3C[C@H](c3ccc(OC)cc3)[C@H]1C)N(Cc1ccco1)C2=O. The second-order valence-corrected chi connectivity index (χ2v) is 10.6. The molecule has 2 aromatic rings. The molecule has 3 aliphatic rings. The fourth-order valence-corrected chi connectivity index (χ4v) is 6.79. The molecule has 6 heteroatoms. The van der Waals surface area contributed by atoms with Crippen LogP contribution in [0.2, 0.25) is 0 Å². The Morgan fingerprint density at radius 2 is 2.00 bits per heavy atom. The summed E-state index contributed by atoms with van der Waals surface area (Å²) in [6.07, 6.45) is 7.23. The summed E-state index contributed by atoms with van der Waals surface area (Å²) < 4.78 is 18.0. The van der Waals surface area contributed by atoms with Crippen molar-refractivity contribution in [2.45, 2.75) is 77.3 Å². The first kappa shape index (κ1) is 24.8. The van der Waals surface area contributed by atoms with Crippen molar-refractivity contribution in [1.82, 2.24) is 4.90 Å². The molecule has 1 spiro atoms. The van der Waals surface area contributed by atoms with Gasteiger partial charge in [-0.2, -0.15) is 0 Å². The summed E-state index contributed by atoms with van der Waals surface area (Å²) in [6, 6.07) is 12.1. The summed E-state index contributed by atoms with van der Waals surface area (Å²) in [5, 5.41) is 0. The van der Waals surface area contributed by atoms with Crippen molar-refractivity contribution in [3.8, 4) is 5.75 Å². The highest BCUT2D eigenvalue weighted by molar-refractivity contribution is 6.02. The number of nitrogens with zero attached hydrogens (tertiary/aromatic N) is 2. The molecule has 2 bridgehead atoms. The number of carbonyl (C=O) groups is 1. The molecule has 1 saturated carbocycles. The normalized spacial score (nSPS) is 31.4. The lowest BCUT2D eigenvalue weighted by Gasteiger charge is -2.39. The molecule has 1 amide bonds. The van der Waals surface area contributed by atoms with Crippen LogP contribution in [-0.4, -0.2) is 35.6 Å². The molecule has 2 fully saturated rings. The van der Waals surface area contributed by atoms with Gasteiger partial charge < -0.3 is 18.8 Å². The van der Waals surface area contributed by atoms with Crippen LogP contribution in [0, 0.1) is 17.3 Å². The number of rotatable bonds is 9. The Hall–Kier alpha value is -2.86. The first-order valence-corrected chi connectivity index (χ1v) is 13.3. The Labute approximate surface area is 214 Å². The van der Waals surface area contributed by atoms with Crippen molar-refractivity contribution in [2.24, 2.45) is 22.2 Å². The van der Waals surface area contributed by atoms with Gasteiger partial charge in [-0.3, -0.25) is 9.79 Å². The summed E-state index contributed by atoms with van der Waals surface area (Å²) in [7, 11) is 1.68. The van der Waals surface area contributed by atoms with Gasteiger partial charge in [0.25, 0.3) is 0 Å². The number of carbonyl (C=O) groups excluding carboxylic acids is 1. The second kappa shape index (κ2) is 9.55. The lowest BCUT2D eigenvalue weighted by atomic mass is 9.66. The third kappa shape index (κ3) is 3.73. The maximum Gasteiger partial charge on any atom is 0.232 e. The van der Waals surface area contributed by atoms with Gasteiger partial charge in [0.2, 0.25) is 5.91 Å². The maximum absolute atomic E-state index is 14.5. The zero-order valence-corrected chi connectivity index (χ0v) is 21.9. The molecule has 192 valence electrons. The number of methoxy groups -OCH3 is 1. The lowest BCUT2D eigenvalue weighted by Crippen LogP contribution is -2.53. The highest BCUT2D eigenvalue weighted by Gasteiger charge is 2.69. The largest absolute Gasteiger partial charge is 0.497 e. The van der Waals surface area contributed by atoms with Crippen molar-refractivity contribution in [2.75, 3.05) is 7.11 Å². The van der Waals surface area contributed by atoms with Crippen molar-refractivity contribution < 1.29 is 18.7 Å². The monoisotopic (exact) mass is 490 g/mol. The predicted molar refractivity (Wildman–Crippen MR) is 140 cm³/mol. The minimum Gasteiger partial charge on any atom is -0.497 e. The molecule has 1 aliphatic carbocycles. The van der Waals surface area contributed by atoms with Crippen LogP contribution in [0.3, 0.4) is 0 Å². The molecule has 1 saturated heterocycles. The summed E-state index contributed by atoms with van der Waals surface area (Å²) in [5.41, 5.74) is 0.721. The summed E-state index contributed by atoms with van der Waals surface area (Å²) >= 11 is 0. The van der Waals surface area contributed by atoms with E-state index in [4.69, 9.17) is 18.9 Å². The molecule has 1 aromatic heterocycles. The number of amides is 1. The van der Waals surface area contributed by atoms with Gasteiger partial charge in [-0.25, -0.2) is 0 Å². The first-order valence-electron chi connectivity index (χ1n) is 13.3. The molecule has 0 unspecified atom stereocenters.